The minimum atomic E-state index is -0.247. The third-order valence-corrected chi connectivity index (χ3v) is 5.63. The molecule has 2 aromatic rings. The summed E-state index contributed by atoms with van der Waals surface area (Å²) in [6.07, 6.45) is 4.27. The predicted octanol–water partition coefficient (Wildman–Crippen LogP) is 3.47. The molecule has 29 heavy (non-hydrogen) atoms. The molecule has 8 heteroatoms. The summed E-state index contributed by atoms with van der Waals surface area (Å²) in [4.78, 5) is 34.8. The molecule has 150 valence electrons. The van der Waals surface area contributed by atoms with E-state index >= 15 is 0 Å². The minimum absolute atomic E-state index is 0.0256. The van der Waals surface area contributed by atoms with Crippen LogP contribution in [0.1, 0.15) is 41.6 Å². The number of methoxy groups -OCH3 is 1. The number of benzene rings is 1. The smallest absolute Gasteiger partial charge is 0.308 e. The lowest BCUT2D eigenvalue weighted by Gasteiger charge is -2.33. The van der Waals surface area contributed by atoms with Crippen LogP contribution in [0.2, 0.25) is 5.15 Å². The fourth-order valence-corrected chi connectivity index (χ4v) is 3.77. The van der Waals surface area contributed by atoms with Crippen molar-refractivity contribution in [2.24, 2.45) is 5.92 Å². The first-order chi connectivity index (χ1) is 13.9. The maximum absolute atomic E-state index is 12.9. The quantitative estimate of drug-likeness (QED) is 0.563. The zero-order chi connectivity index (χ0) is 21.0. The molecule has 1 aliphatic rings. The maximum Gasteiger partial charge on any atom is 0.308 e. The summed E-state index contributed by atoms with van der Waals surface area (Å²) in [7, 11) is 3.13. The second kappa shape index (κ2) is 9.01. The SMILES string of the molecule is COC(=O)C1CCC(N(C)C(=O)c2cnc(-c3ccc(C#N)cc3)nc2Cl)CC1. The number of nitriles is 1. The first kappa shape index (κ1) is 20.7. The number of rotatable bonds is 4. The highest BCUT2D eigenvalue weighted by molar-refractivity contribution is 6.32. The molecular formula is C21H21ClN4O3. The molecule has 0 spiro atoms. The number of aromatic nitrogens is 2. The predicted molar refractivity (Wildman–Crippen MR) is 107 cm³/mol. The van der Waals surface area contributed by atoms with E-state index in [4.69, 9.17) is 21.6 Å². The molecule has 0 atom stereocenters. The highest BCUT2D eigenvalue weighted by Gasteiger charge is 2.31. The molecule has 0 bridgehead atoms. The number of hydrogen-bond donors (Lipinski definition) is 0. The van der Waals surface area contributed by atoms with Crippen LogP contribution in [0.15, 0.2) is 30.5 Å². The molecule has 0 saturated heterocycles. The van der Waals surface area contributed by atoms with E-state index in [2.05, 4.69) is 16.0 Å². The molecule has 0 aliphatic heterocycles. The van der Waals surface area contributed by atoms with Gasteiger partial charge < -0.3 is 9.64 Å². The zero-order valence-electron chi connectivity index (χ0n) is 16.3. The van der Waals surface area contributed by atoms with Crippen LogP contribution in [0.5, 0.6) is 0 Å². The van der Waals surface area contributed by atoms with Gasteiger partial charge in [-0.05, 0) is 49.9 Å². The van der Waals surface area contributed by atoms with Crippen LogP contribution in [0, 0.1) is 17.2 Å². The van der Waals surface area contributed by atoms with Crippen molar-refractivity contribution >= 4 is 23.5 Å². The van der Waals surface area contributed by atoms with Gasteiger partial charge in [-0.25, -0.2) is 9.97 Å². The molecule has 1 heterocycles. The topological polar surface area (TPSA) is 96.2 Å². The van der Waals surface area contributed by atoms with E-state index in [1.165, 1.54) is 13.3 Å². The van der Waals surface area contributed by atoms with Gasteiger partial charge in [0.25, 0.3) is 5.91 Å². The number of carbonyl (C=O) groups is 2. The standard InChI is InChI=1S/C21H21ClN4O3/c1-26(16-9-7-15(8-10-16)21(28)29-2)20(27)17-12-24-19(25-18(17)22)14-5-3-13(11-23)4-6-14/h3-6,12,15-16H,7-10H2,1-2H3. The number of esters is 1. The average molecular weight is 413 g/mol. The van der Waals surface area contributed by atoms with Crippen LogP contribution in [-0.4, -0.2) is 46.9 Å². The van der Waals surface area contributed by atoms with Gasteiger partial charge in [-0.15, -0.1) is 0 Å². The molecule has 1 saturated carbocycles. The van der Waals surface area contributed by atoms with Gasteiger partial charge in [-0.2, -0.15) is 5.26 Å². The van der Waals surface area contributed by atoms with Crippen molar-refractivity contribution in [3.8, 4) is 17.5 Å². The largest absolute Gasteiger partial charge is 0.469 e. The van der Waals surface area contributed by atoms with Gasteiger partial charge in [-0.3, -0.25) is 9.59 Å². The Morgan fingerprint density at radius 3 is 2.41 bits per heavy atom. The molecule has 0 N–H and O–H groups in total. The fourth-order valence-electron chi connectivity index (χ4n) is 3.56. The number of amides is 1. The van der Waals surface area contributed by atoms with E-state index in [9.17, 15) is 9.59 Å². The molecule has 1 aromatic carbocycles. The van der Waals surface area contributed by atoms with Crippen molar-refractivity contribution in [2.75, 3.05) is 14.2 Å². The highest BCUT2D eigenvalue weighted by atomic mass is 35.5. The zero-order valence-corrected chi connectivity index (χ0v) is 17.0. The van der Waals surface area contributed by atoms with Crippen LogP contribution >= 0.6 is 11.6 Å². The Labute approximate surface area is 174 Å². The minimum Gasteiger partial charge on any atom is -0.469 e. The molecule has 1 aliphatic carbocycles. The molecule has 1 fully saturated rings. The van der Waals surface area contributed by atoms with Gasteiger partial charge in [-0.1, -0.05) is 11.6 Å². The first-order valence-electron chi connectivity index (χ1n) is 9.32. The van der Waals surface area contributed by atoms with Crippen molar-refractivity contribution in [3.05, 3.63) is 46.7 Å². The number of halogens is 1. The van der Waals surface area contributed by atoms with E-state index in [0.29, 0.717) is 29.8 Å². The van der Waals surface area contributed by atoms with Gasteiger partial charge in [0.05, 0.1) is 30.2 Å². The Balaban J connectivity index is 1.70. The normalized spacial score (nSPS) is 18.6. The van der Waals surface area contributed by atoms with E-state index in [-0.39, 0.29) is 34.6 Å². The molecule has 1 aromatic heterocycles. The lowest BCUT2D eigenvalue weighted by molar-refractivity contribution is -0.146. The van der Waals surface area contributed by atoms with Crippen LogP contribution in [0.3, 0.4) is 0 Å². The molecule has 3 rings (SSSR count). The summed E-state index contributed by atoms with van der Waals surface area (Å²) < 4.78 is 4.81. The van der Waals surface area contributed by atoms with Crippen LogP contribution < -0.4 is 0 Å². The third kappa shape index (κ3) is 4.54. The number of nitrogens with zero attached hydrogens (tertiary/aromatic N) is 4. The Hall–Kier alpha value is -2.98. The summed E-state index contributed by atoms with van der Waals surface area (Å²) in [5.41, 5.74) is 1.48. The van der Waals surface area contributed by atoms with Gasteiger partial charge in [0, 0.05) is 24.8 Å². The van der Waals surface area contributed by atoms with E-state index in [0.717, 1.165) is 12.8 Å². The maximum atomic E-state index is 12.9. The van der Waals surface area contributed by atoms with Gasteiger partial charge in [0.1, 0.15) is 5.15 Å². The van der Waals surface area contributed by atoms with Crippen molar-refractivity contribution in [1.82, 2.24) is 14.9 Å². The Kier molecular flexibility index (Phi) is 6.45. The van der Waals surface area contributed by atoms with Crippen molar-refractivity contribution < 1.29 is 14.3 Å². The second-order valence-electron chi connectivity index (χ2n) is 7.03. The molecular weight excluding hydrogens is 392 g/mol. The summed E-state index contributed by atoms with van der Waals surface area (Å²) >= 11 is 6.29. The molecule has 0 unspecified atom stereocenters. The Morgan fingerprint density at radius 1 is 1.21 bits per heavy atom. The number of ether oxygens (including phenoxy) is 1. The van der Waals surface area contributed by atoms with E-state index < -0.39 is 0 Å². The van der Waals surface area contributed by atoms with Crippen molar-refractivity contribution in [1.29, 1.82) is 5.26 Å². The molecule has 7 nitrogen and oxygen atoms in total. The van der Waals surface area contributed by atoms with Gasteiger partial charge in [0.2, 0.25) is 0 Å². The summed E-state index contributed by atoms with van der Waals surface area (Å²) in [6.45, 7) is 0. The highest BCUT2D eigenvalue weighted by Crippen LogP contribution is 2.29. The Bertz CT molecular complexity index is 947. The average Bonchev–Trinajstić information content (AvgIpc) is 2.77. The lowest BCUT2D eigenvalue weighted by Crippen LogP contribution is -2.40. The summed E-state index contributed by atoms with van der Waals surface area (Å²) in [6, 6.07) is 8.89. The lowest BCUT2D eigenvalue weighted by atomic mass is 9.85. The van der Waals surface area contributed by atoms with Crippen molar-refractivity contribution in [3.63, 3.8) is 0 Å². The van der Waals surface area contributed by atoms with Gasteiger partial charge in [0.15, 0.2) is 5.82 Å². The van der Waals surface area contributed by atoms with Crippen LogP contribution in [0.4, 0.5) is 0 Å². The second-order valence-corrected chi connectivity index (χ2v) is 7.39. The third-order valence-electron chi connectivity index (χ3n) is 5.34. The molecule has 1 amide bonds. The Morgan fingerprint density at radius 2 is 1.86 bits per heavy atom. The monoisotopic (exact) mass is 412 g/mol. The summed E-state index contributed by atoms with van der Waals surface area (Å²) in [5.74, 6) is -0.147. The molecule has 0 radical (unpaired) electrons. The number of carbonyl (C=O) groups excluding carboxylic acids is 2. The van der Waals surface area contributed by atoms with E-state index in [1.54, 1.807) is 36.2 Å². The first-order valence-corrected chi connectivity index (χ1v) is 9.70. The van der Waals surface area contributed by atoms with Crippen LogP contribution in [0.25, 0.3) is 11.4 Å². The van der Waals surface area contributed by atoms with Gasteiger partial charge >= 0.3 is 5.97 Å². The number of hydrogen-bond acceptors (Lipinski definition) is 6. The summed E-state index contributed by atoms with van der Waals surface area (Å²) in [5, 5.41) is 8.97. The van der Waals surface area contributed by atoms with Crippen LogP contribution in [-0.2, 0) is 9.53 Å². The van der Waals surface area contributed by atoms with E-state index in [1.807, 2.05) is 0 Å². The fraction of sp³-hybridized carbons (Fsp3) is 0.381. The van der Waals surface area contributed by atoms with Crippen molar-refractivity contribution in [2.45, 2.75) is 31.7 Å².